The second-order valence-corrected chi connectivity index (χ2v) is 7.40. The van der Waals surface area contributed by atoms with E-state index in [0.29, 0.717) is 27.5 Å². The van der Waals surface area contributed by atoms with Crippen LogP contribution in [-0.2, 0) is 11.3 Å². The molecule has 0 bridgehead atoms. The lowest BCUT2D eigenvalue weighted by atomic mass is 10.2. The van der Waals surface area contributed by atoms with Gasteiger partial charge in [-0.2, -0.15) is 0 Å². The summed E-state index contributed by atoms with van der Waals surface area (Å²) in [5.41, 5.74) is 3.00. The van der Waals surface area contributed by atoms with Gasteiger partial charge in [0.1, 0.15) is 6.54 Å². The van der Waals surface area contributed by atoms with Gasteiger partial charge in [-0.3, -0.25) is 14.2 Å². The highest BCUT2D eigenvalue weighted by Gasteiger charge is 2.16. The van der Waals surface area contributed by atoms with Gasteiger partial charge in [-0.15, -0.1) is 0 Å². The van der Waals surface area contributed by atoms with Gasteiger partial charge in [-0.1, -0.05) is 35.9 Å². The fourth-order valence-corrected chi connectivity index (χ4v) is 3.42. The van der Waals surface area contributed by atoms with Crippen molar-refractivity contribution in [2.45, 2.75) is 13.5 Å². The first-order chi connectivity index (χ1) is 14.9. The Morgan fingerprint density at radius 2 is 1.77 bits per heavy atom. The van der Waals surface area contributed by atoms with E-state index in [-0.39, 0.29) is 18.0 Å². The first-order valence-electron chi connectivity index (χ1n) is 9.46. The number of anilines is 2. The summed E-state index contributed by atoms with van der Waals surface area (Å²) in [5, 5.41) is 5.87. The number of nitrogens with zero attached hydrogens (tertiary/aromatic N) is 1. The van der Waals surface area contributed by atoms with Gasteiger partial charge in [0.05, 0.1) is 16.2 Å². The van der Waals surface area contributed by atoms with Gasteiger partial charge in [-0.05, 0) is 55.0 Å². The quantitative estimate of drug-likeness (QED) is 0.484. The average molecular weight is 436 g/mol. The molecule has 1 heterocycles. The highest BCUT2D eigenvalue weighted by Crippen LogP contribution is 2.23. The third-order valence-electron chi connectivity index (χ3n) is 4.66. The van der Waals surface area contributed by atoms with Crippen molar-refractivity contribution in [3.05, 3.63) is 93.4 Å². The molecule has 2 amide bonds. The van der Waals surface area contributed by atoms with Crippen molar-refractivity contribution in [1.82, 2.24) is 4.57 Å². The molecule has 0 unspecified atom stereocenters. The molecule has 31 heavy (non-hydrogen) atoms. The third kappa shape index (κ3) is 4.51. The van der Waals surface area contributed by atoms with Crippen LogP contribution in [0.2, 0.25) is 5.02 Å². The number of hydrogen-bond acceptors (Lipinski definition) is 4. The fourth-order valence-electron chi connectivity index (χ4n) is 3.13. The molecule has 3 aromatic carbocycles. The zero-order chi connectivity index (χ0) is 22.0. The lowest BCUT2D eigenvalue weighted by Gasteiger charge is -2.09. The summed E-state index contributed by atoms with van der Waals surface area (Å²) in [7, 11) is 0. The van der Waals surface area contributed by atoms with Crippen LogP contribution in [0.5, 0.6) is 0 Å². The van der Waals surface area contributed by atoms with Gasteiger partial charge in [0.2, 0.25) is 5.91 Å². The minimum Gasteiger partial charge on any atom is -0.408 e. The lowest BCUT2D eigenvalue weighted by Crippen LogP contribution is -2.25. The molecule has 0 aliphatic rings. The highest BCUT2D eigenvalue weighted by atomic mass is 35.5. The summed E-state index contributed by atoms with van der Waals surface area (Å²) < 4.78 is 6.38. The summed E-state index contributed by atoms with van der Waals surface area (Å²) in [4.78, 5) is 37.4. The van der Waals surface area contributed by atoms with Gasteiger partial charge in [0.15, 0.2) is 5.58 Å². The number of hydrogen-bond donors (Lipinski definition) is 2. The van der Waals surface area contributed by atoms with Crippen LogP contribution in [0.25, 0.3) is 11.1 Å². The van der Waals surface area contributed by atoms with Crippen LogP contribution < -0.4 is 16.4 Å². The largest absolute Gasteiger partial charge is 0.420 e. The smallest absolute Gasteiger partial charge is 0.408 e. The SMILES string of the molecule is Cc1ccc(NC(=O)Cn2c(=O)oc3ccc(C(=O)Nc4ccccc4)cc32)c(Cl)c1. The molecule has 0 saturated heterocycles. The van der Waals surface area contributed by atoms with Crippen LogP contribution in [-0.4, -0.2) is 16.4 Å². The normalized spacial score (nSPS) is 10.8. The van der Waals surface area contributed by atoms with Crippen LogP contribution >= 0.6 is 11.6 Å². The lowest BCUT2D eigenvalue weighted by molar-refractivity contribution is -0.116. The number of carbonyl (C=O) groups is 2. The molecule has 0 fully saturated rings. The van der Waals surface area contributed by atoms with Crippen LogP contribution in [0.1, 0.15) is 15.9 Å². The Labute approximate surface area is 182 Å². The standard InChI is InChI=1S/C23H18ClN3O4/c1-14-7-9-18(17(24)11-14)26-21(28)13-27-19-12-15(8-10-20(19)31-23(27)30)22(29)25-16-5-3-2-4-6-16/h2-12H,13H2,1H3,(H,25,29)(H,26,28). The van der Waals surface area contributed by atoms with Crippen LogP contribution in [0.4, 0.5) is 11.4 Å². The number of rotatable bonds is 5. The third-order valence-corrected chi connectivity index (χ3v) is 4.97. The molecule has 1 aromatic heterocycles. The number of amides is 2. The van der Waals surface area contributed by atoms with E-state index in [1.165, 1.54) is 16.7 Å². The Balaban J connectivity index is 1.58. The summed E-state index contributed by atoms with van der Waals surface area (Å²) in [6.07, 6.45) is 0. The monoisotopic (exact) mass is 435 g/mol. The zero-order valence-corrected chi connectivity index (χ0v) is 17.3. The molecule has 0 radical (unpaired) electrons. The second-order valence-electron chi connectivity index (χ2n) is 6.99. The number of carbonyl (C=O) groups excluding carboxylic acids is 2. The molecule has 0 spiro atoms. The fraction of sp³-hybridized carbons (Fsp3) is 0.0870. The number of oxazole rings is 1. The van der Waals surface area contributed by atoms with Crippen LogP contribution in [0.15, 0.2) is 75.9 Å². The van der Waals surface area contributed by atoms with Crippen LogP contribution in [0, 0.1) is 6.92 Å². The molecular formula is C23H18ClN3O4. The predicted octanol–water partition coefficient (Wildman–Crippen LogP) is 4.45. The van der Waals surface area contributed by atoms with Crippen molar-refractivity contribution < 1.29 is 14.0 Å². The molecule has 8 heteroatoms. The number of nitrogens with one attached hydrogen (secondary N) is 2. The predicted molar refractivity (Wildman–Crippen MR) is 120 cm³/mol. The number of aryl methyl sites for hydroxylation is 1. The van der Waals surface area contributed by atoms with Gasteiger partial charge < -0.3 is 15.1 Å². The van der Waals surface area contributed by atoms with E-state index in [1.54, 1.807) is 30.3 Å². The van der Waals surface area contributed by atoms with Crippen molar-refractivity contribution in [2.24, 2.45) is 0 Å². The van der Waals surface area contributed by atoms with Gasteiger partial charge in [0, 0.05) is 11.3 Å². The molecule has 2 N–H and O–H groups in total. The average Bonchev–Trinajstić information content (AvgIpc) is 3.05. The summed E-state index contributed by atoms with van der Waals surface area (Å²) >= 11 is 6.16. The van der Waals surface area contributed by atoms with Gasteiger partial charge >= 0.3 is 5.76 Å². The summed E-state index contributed by atoms with van der Waals surface area (Å²) in [5.74, 6) is -1.49. The molecule has 7 nitrogen and oxygen atoms in total. The molecule has 0 aliphatic heterocycles. The van der Waals surface area contributed by atoms with Crippen molar-refractivity contribution in [1.29, 1.82) is 0 Å². The minimum absolute atomic E-state index is 0.280. The number of benzene rings is 3. The first kappa shape index (κ1) is 20.4. The number of aromatic nitrogens is 1. The Morgan fingerprint density at radius 3 is 2.52 bits per heavy atom. The van der Waals surface area contributed by atoms with E-state index < -0.39 is 11.7 Å². The number of para-hydroxylation sites is 1. The molecule has 0 aliphatic carbocycles. The Hall–Kier alpha value is -3.84. The maximum absolute atomic E-state index is 12.6. The van der Waals surface area contributed by atoms with E-state index in [4.69, 9.17) is 16.0 Å². The molecule has 0 saturated carbocycles. The Bertz CT molecular complexity index is 1340. The Morgan fingerprint density at radius 1 is 1.00 bits per heavy atom. The minimum atomic E-state index is -0.694. The van der Waals surface area contributed by atoms with E-state index in [9.17, 15) is 14.4 Å². The van der Waals surface area contributed by atoms with Gasteiger partial charge in [-0.25, -0.2) is 4.79 Å². The first-order valence-corrected chi connectivity index (χ1v) is 9.84. The Kier molecular flexibility index (Phi) is 5.60. The molecular weight excluding hydrogens is 418 g/mol. The molecule has 4 aromatic rings. The maximum atomic E-state index is 12.6. The summed E-state index contributed by atoms with van der Waals surface area (Å²) in [6.45, 7) is 1.60. The van der Waals surface area contributed by atoms with Crippen molar-refractivity contribution in [3.8, 4) is 0 Å². The van der Waals surface area contributed by atoms with Crippen molar-refractivity contribution in [2.75, 3.05) is 10.6 Å². The number of fused-ring (bicyclic) bond motifs is 1. The van der Waals surface area contributed by atoms with E-state index in [2.05, 4.69) is 10.6 Å². The molecule has 0 atom stereocenters. The summed E-state index contributed by atoms with van der Waals surface area (Å²) in [6, 6.07) is 18.9. The van der Waals surface area contributed by atoms with E-state index in [1.807, 2.05) is 31.2 Å². The zero-order valence-electron chi connectivity index (χ0n) is 16.5. The van der Waals surface area contributed by atoms with Gasteiger partial charge in [0.25, 0.3) is 5.91 Å². The van der Waals surface area contributed by atoms with E-state index in [0.717, 1.165) is 5.56 Å². The van der Waals surface area contributed by atoms with Crippen molar-refractivity contribution >= 4 is 45.9 Å². The van der Waals surface area contributed by atoms with E-state index >= 15 is 0 Å². The topological polar surface area (TPSA) is 93.3 Å². The van der Waals surface area contributed by atoms with Crippen molar-refractivity contribution in [3.63, 3.8) is 0 Å². The molecule has 156 valence electrons. The number of halogens is 1. The second kappa shape index (κ2) is 8.49. The highest BCUT2D eigenvalue weighted by molar-refractivity contribution is 6.33. The van der Waals surface area contributed by atoms with Crippen LogP contribution in [0.3, 0.4) is 0 Å². The maximum Gasteiger partial charge on any atom is 0.420 e. The molecule has 4 rings (SSSR count).